The van der Waals surface area contributed by atoms with Gasteiger partial charge in [-0.15, -0.1) is 0 Å². The molecule has 0 spiro atoms. The average Bonchev–Trinajstić information content (AvgIpc) is 2.67. The fourth-order valence-corrected chi connectivity index (χ4v) is 3.37. The topological polar surface area (TPSA) is 66.6 Å². The summed E-state index contributed by atoms with van der Waals surface area (Å²) in [5.74, 6) is -0.606. The predicted molar refractivity (Wildman–Crippen MR) is 104 cm³/mol. The lowest BCUT2D eigenvalue weighted by molar-refractivity contribution is -0.123. The maximum atomic E-state index is 12.9. The smallest absolute Gasteiger partial charge is 0.253 e. The van der Waals surface area contributed by atoms with E-state index in [1.807, 2.05) is 50.5 Å². The molecule has 1 saturated heterocycles. The van der Waals surface area contributed by atoms with Crippen LogP contribution in [-0.4, -0.2) is 43.9 Å². The second kappa shape index (κ2) is 7.60. The van der Waals surface area contributed by atoms with Crippen molar-refractivity contribution in [3.8, 4) is 11.1 Å². The van der Waals surface area contributed by atoms with E-state index in [1.165, 1.54) is 0 Å². The molecule has 2 aromatic carbocycles. The normalized spacial score (nSPS) is 17.0. The van der Waals surface area contributed by atoms with Gasteiger partial charge in [0.1, 0.15) is 0 Å². The first-order valence-electron chi connectivity index (χ1n) is 8.92. The Labute approximate surface area is 154 Å². The average molecular weight is 351 g/mol. The second-order valence-corrected chi connectivity index (χ2v) is 7.02. The fraction of sp³-hybridized carbons (Fsp3) is 0.333. The van der Waals surface area contributed by atoms with Crippen LogP contribution in [0.1, 0.15) is 23.2 Å². The van der Waals surface area contributed by atoms with Crippen molar-refractivity contribution in [1.82, 2.24) is 4.90 Å². The van der Waals surface area contributed by atoms with Crippen LogP contribution in [0.4, 0.5) is 5.69 Å². The maximum Gasteiger partial charge on any atom is 0.253 e. The summed E-state index contributed by atoms with van der Waals surface area (Å²) in [5, 5.41) is 0. The highest BCUT2D eigenvalue weighted by atomic mass is 16.2. The van der Waals surface area contributed by atoms with Gasteiger partial charge >= 0.3 is 0 Å². The highest BCUT2D eigenvalue weighted by molar-refractivity contribution is 5.96. The lowest BCUT2D eigenvalue weighted by Gasteiger charge is -2.31. The molecule has 2 N–H and O–H groups in total. The molecular formula is C21H25N3O2. The van der Waals surface area contributed by atoms with E-state index in [-0.39, 0.29) is 17.7 Å². The Hall–Kier alpha value is -2.82. The van der Waals surface area contributed by atoms with Crippen LogP contribution in [0, 0.1) is 5.92 Å². The van der Waals surface area contributed by atoms with E-state index in [9.17, 15) is 9.59 Å². The van der Waals surface area contributed by atoms with Crippen molar-refractivity contribution in [2.75, 3.05) is 32.1 Å². The zero-order valence-electron chi connectivity index (χ0n) is 15.3. The quantitative estimate of drug-likeness (QED) is 0.921. The number of carbonyl (C=O) groups excluding carboxylic acids is 2. The maximum absolute atomic E-state index is 12.9. The van der Waals surface area contributed by atoms with Crippen LogP contribution in [-0.2, 0) is 4.79 Å². The summed E-state index contributed by atoms with van der Waals surface area (Å²) in [5.41, 5.74) is 9.25. The van der Waals surface area contributed by atoms with E-state index in [1.54, 1.807) is 4.90 Å². The lowest BCUT2D eigenvalue weighted by Crippen LogP contribution is -2.44. The van der Waals surface area contributed by atoms with Crippen LogP contribution in [0.3, 0.4) is 0 Å². The van der Waals surface area contributed by atoms with Crippen LogP contribution in [0.5, 0.6) is 0 Å². The third-order valence-electron chi connectivity index (χ3n) is 4.92. The summed E-state index contributed by atoms with van der Waals surface area (Å²) in [6, 6.07) is 15.9. The summed E-state index contributed by atoms with van der Waals surface area (Å²) in [6.45, 7) is 1.08. The van der Waals surface area contributed by atoms with Gasteiger partial charge in [0.25, 0.3) is 5.91 Å². The molecular weight excluding hydrogens is 326 g/mol. The number of hydrogen-bond donors (Lipinski definition) is 1. The molecule has 2 amide bonds. The number of amides is 2. The Morgan fingerprint density at radius 1 is 1.08 bits per heavy atom. The molecule has 5 nitrogen and oxygen atoms in total. The molecule has 1 heterocycles. The number of nitrogens with zero attached hydrogens (tertiary/aromatic N) is 2. The molecule has 1 fully saturated rings. The molecule has 3 rings (SSSR count). The van der Waals surface area contributed by atoms with Crippen molar-refractivity contribution in [2.45, 2.75) is 12.8 Å². The van der Waals surface area contributed by atoms with Gasteiger partial charge in [0.05, 0.1) is 5.92 Å². The van der Waals surface area contributed by atoms with Gasteiger partial charge in [-0.1, -0.05) is 24.3 Å². The number of hydrogen-bond acceptors (Lipinski definition) is 3. The minimum Gasteiger partial charge on any atom is -0.378 e. The van der Waals surface area contributed by atoms with Gasteiger partial charge in [-0.05, 0) is 48.2 Å². The standard InChI is InChI=1S/C21H25N3O2/c1-23(2)19-10-4-7-16(13-19)15-6-3-8-17(12-15)21(26)24-11-5-9-18(14-24)20(22)25/h3-4,6-8,10,12-13,18H,5,9,11,14H2,1-2H3,(H2,22,25)/t18-/m0/s1. The first-order valence-corrected chi connectivity index (χ1v) is 8.92. The first-order chi connectivity index (χ1) is 12.5. The molecule has 0 unspecified atom stereocenters. The van der Waals surface area contributed by atoms with E-state index >= 15 is 0 Å². The van der Waals surface area contributed by atoms with E-state index in [0.29, 0.717) is 18.7 Å². The zero-order chi connectivity index (χ0) is 18.7. The third kappa shape index (κ3) is 3.87. The van der Waals surface area contributed by atoms with Crippen molar-refractivity contribution >= 4 is 17.5 Å². The number of carbonyl (C=O) groups is 2. The van der Waals surface area contributed by atoms with E-state index in [2.05, 4.69) is 17.0 Å². The molecule has 2 aromatic rings. The summed E-state index contributed by atoms with van der Waals surface area (Å²) >= 11 is 0. The molecule has 1 atom stereocenters. The highest BCUT2D eigenvalue weighted by Crippen LogP contribution is 2.26. The minimum absolute atomic E-state index is 0.0402. The van der Waals surface area contributed by atoms with Gasteiger partial charge in [0.15, 0.2) is 0 Å². The molecule has 0 bridgehead atoms. The largest absolute Gasteiger partial charge is 0.378 e. The van der Waals surface area contributed by atoms with Gasteiger partial charge in [-0.2, -0.15) is 0 Å². The molecule has 136 valence electrons. The first kappa shape index (κ1) is 18.0. The number of piperidine rings is 1. The second-order valence-electron chi connectivity index (χ2n) is 7.02. The van der Waals surface area contributed by atoms with Crippen LogP contribution in [0.15, 0.2) is 48.5 Å². The predicted octanol–water partition coefficient (Wildman–Crippen LogP) is 2.76. The summed E-state index contributed by atoms with van der Waals surface area (Å²) in [6.07, 6.45) is 1.57. The molecule has 0 radical (unpaired) electrons. The van der Waals surface area contributed by atoms with Crippen molar-refractivity contribution in [1.29, 1.82) is 0 Å². The molecule has 26 heavy (non-hydrogen) atoms. The van der Waals surface area contributed by atoms with E-state index in [0.717, 1.165) is 29.7 Å². The number of likely N-dealkylation sites (tertiary alicyclic amines) is 1. The molecule has 0 aliphatic carbocycles. The lowest BCUT2D eigenvalue weighted by atomic mass is 9.96. The Morgan fingerprint density at radius 2 is 1.77 bits per heavy atom. The van der Waals surface area contributed by atoms with Crippen molar-refractivity contribution in [3.63, 3.8) is 0 Å². The minimum atomic E-state index is -0.322. The Kier molecular flexibility index (Phi) is 5.26. The monoisotopic (exact) mass is 351 g/mol. The molecule has 1 aliphatic heterocycles. The van der Waals surface area contributed by atoms with Gasteiger partial charge in [0.2, 0.25) is 5.91 Å². The van der Waals surface area contributed by atoms with Crippen molar-refractivity contribution in [2.24, 2.45) is 11.7 Å². The van der Waals surface area contributed by atoms with Gasteiger partial charge in [-0.3, -0.25) is 9.59 Å². The fourth-order valence-electron chi connectivity index (χ4n) is 3.37. The van der Waals surface area contributed by atoms with E-state index in [4.69, 9.17) is 5.73 Å². The van der Waals surface area contributed by atoms with Crippen LogP contribution < -0.4 is 10.6 Å². The third-order valence-corrected chi connectivity index (χ3v) is 4.92. The zero-order valence-corrected chi connectivity index (χ0v) is 15.3. The Morgan fingerprint density at radius 3 is 2.46 bits per heavy atom. The summed E-state index contributed by atoms with van der Waals surface area (Å²) in [7, 11) is 4.01. The SMILES string of the molecule is CN(C)c1cccc(-c2cccc(C(=O)N3CCC[C@H](C(N)=O)C3)c2)c1. The molecule has 5 heteroatoms. The molecule has 0 saturated carbocycles. The summed E-state index contributed by atoms with van der Waals surface area (Å²) in [4.78, 5) is 28.2. The number of rotatable bonds is 4. The van der Waals surface area contributed by atoms with Crippen molar-refractivity contribution in [3.05, 3.63) is 54.1 Å². The van der Waals surface area contributed by atoms with E-state index < -0.39 is 0 Å². The molecule has 0 aromatic heterocycles. The van der Waals surface area contributed by atoms with Crippen molar-refractivity contribution < 1.29 is 9.59 Å². The number of benzene rings is 2. The van der Waals surface area contributed by atoms with Crippen LogP contribution in [0.25, 0.3) is 11.1 Å². The van der Waals surface area contributed by atoms with Crippen LogP contribution in [0.2, 0.25) is 0 Å². The Bertz CT molecular complexity index is 816. The number of nitrogens with two attached hydrogens (primary N) is 1. The number of primary amides is 1. The van der Waals surface area contributed by atoms with Gasteiger partial charge < -0.3 is 15.5 Å². The Balaban J connectivity index is 1.84. The number of anilines is 1. The van der Waals surface area contributed by atoms with Gasteiger partial charge in [-0.25, -0.2) is 0 Å². The van der Waals surface area contributed by atoms with Gasteiger partial charge in [0, 0.05) is 38.4 Å². The van der Waals surface area contributed by atoms with Crippen LogP contribution >= 0.6 is 0 Å². The summed E-state index contributed by atoms with van der Waals surface area (Å²) < 4.78 is 0. The molecule has 1 aliphatic rings. The highest BCUT2D eigenvalue weighted by Gasteiger charge is 2.27.